The molecule has 56 heavy (non-hydrogen) atoms. The van der Waals surface area contributed by atoms with Crippen LogP contribution in [0.3, 0.4) is 0 Å². The van der Waals surface area contributed by atoms with Gasteiger partial charge in [0.2, 0.25) is 27.7 Å². The molecule has 0 unspecified atom stereocenters. The monoisotopic (exact) mass is 795 g/mol. The molecule has 0 radical (unpaired) electrons. The van der Waals surface area contributed by atoms with Gasteiger partial charge in [0.15, 0.2) is 5.82 Å². The molecule has 302 valence electrons. The zero-order chi connectivity index (χ0) is 39.8. The van der Waals surface area contributed by atoms with Crippen molar-refractivity contribution < 1.29 is 46.5 Å². The van der Waals surface area contributed by atoms with Crippen LogP contribution < -0.4 is 24.8 Å². The molecule has 2 aliphatic heterocycles. The molecule has 2 aliphatic carbocycles. The summed E-state index contributed by atoms with van der Waals surface area (Å²) >= 11 is 0. The highest BCUT2D eigenvalue weighted by Crippen LogP contribution is 2.48. The second-order valence-corrected chi connectivity index (χ2v) is 17.9. The Kier molecular flexibility index (Phi) is 10.9. The first-order valence-corrected chi connectivity index (χ1v) is 20.6. The van der Waals surface area contributed by atoms with Crippen molar-refractivity contribution in [1.29, 1.82) is 0 Å². The Morgan fingerprint density at radius 3 is 2.59 bits per heavy atom. The number of fused-ring (bicyclic) bond motifs is 3. The lowest BCUT2D eigenvalue weighted by molar-refractivity contribution is -0.141. The van der Waals surface area contributed by atoms with Crippen molar-refractivity contribution in [2.75, 3.05) is 26.9 Å². The molecule has 5 atom stereocenters. The highest BCUT2D eigenvalue weighted by Gasteiger charge is 2.62. The number of rotatable bonds is 8. The lowest BCUT2D eigenvalue weighted by Crippen LogP contribution is -2.58. The van der Waals surface area contributed by atoms with E-state index >= 15 is 0 Å². The normalized spacial score (nSPS) is 26.2. The van der Waals surface area contributed by atoms with Crippen molar-refractivity contribution in [2.24, 2.45) is 5.92 Å². The second kappa shape index (κ2) is 15.5. The molecule has 2 aromatic heterocycles. The summed E-state index contributed by atoms with van der Waals surface area (Å²) in [7, 11) is -2.34. The number of ether oxygens (including phenoxy) is 4. The van der Waals surface area contributed by atoms with Crippen LogP contribution in [0.25, 0.3) is 16.6 Å². The van der Waals surface area contributed by atoms with Gasteiger partial charge in [0, 0.05) is 43.8 Å². The number of alkyl carbamates (subject to hydrolysis) is 1. The summed E-state index contributed by atoms with van der Waals surface area (Å²) in [6.07, 6.45) is 4.92. The van der Waals surface area contributed by atoms with E-state index < -0.39 is 68.4 Å². The molecule has 4 amide bonds. The van der Waals surface area contributed by atoms with E-state index in [1.54, 1.807) is 57.1 Å². The van der Waals surface area contributed by atoms with Crippen LogP contribution in [0.1, 0.15) is 72.1 Å². The van der Waals surface area contributed by atoms with Crippen molar-refractivity contribution in [3.63, 3.8) is 0 Å². The van der Waals surface area contributed by atoms with Gasteiger partial charge < -0.3 is 34.5 Å². The molecular weight excluding hydrogens is 747 g/mol. The third-order valence-corrected chi connectivity index (χ3v) is 12.4. The Morgan fingerprint density at radius 1 is 1.07 bits per heavy atom. The summed E-state index contributed by atoms with van der Waals surface area (Å²) in [5.41, 5.74) is -2.32. The lowest BCUT2D eigenvalue weighted by Gasteiger charge is -2.30. The molecule has 0 bridgehead atoms. The SMILES string of the molecule is COc1ccc2c(O[C@@H]3C[C@H]4C(=O)N[C@]5(C(=O)NS(=O)(=O)C6CC6)C[C@H]5CCCCOCC[C@H](NC(=O)OC(C)(C)C)C(=O)N4C3)nc(-n3cccn3)cc2c1. The van der Waals surface area contributed by atoms with Gasteiger partial charge in [-0.25, -0.2) is 17.9 Å². The van der Waals surface area contributed by atoms with Crippen LogP contribution in [-0.4, -0.2) is 113 Å². The van der Waals surface area contributed by atoms with Crippen LogP contribution in [0.4, 0.5) is 4.79 Å². The van der Waals surface area contributed by atoms with Gasteiger partial charge in [0.1, 0.15) is 35.1 Å². The minimum atomic E-state index is -3.90. The minimum absolute atomic E-state index is 0.00128. The van der Waals surface area contributed by atoms with Gasteiger partial charge in [0.25, 0.3) is 5.91 Å². The van der Waals surface area contributed by atoms with E-state index in [1.807, 2.05) is 18.2 Å². The molecule has 18 heteroatoms. The van der Waals surface area contributed by atoms with Crippen LogP contribution in [0.5, 0.6) is 11.6 Å². The standard InChI is InChI=1S/C38H49N7O10S/c1-37(2,3)55-36(49)40-29-13-17-53-16-6-5-8-24-21-38(24,35(48)43-56(50,51)27-10-11-27)42-32(46)30-20-26(22-44(30)34(29)47)54-33-28-12-9-25(52-4)18-23(28)19-31(41-33)45-15-7-14-39-45/h7,9,12,14-15,18-19,24,26-27,29-30H,5-6,8,10-11,13,16-17,20-22H2,1-4H3,(H,40,49)(H,42,46)(H,43,48)/t24-,26-,29+,30+,38-/m1/s1. The summed E-state index contributed by atoms with van der Waals surface area (Å²) in [5.74, 6) is -1.000. The number of hydrogen-bond acceptors (Lipinski definition) is 12. The highest BCUT2D eigenvalue weighted by atomic mass is 32.2. The Morgan fingerprint density at radius 2 is 1.88 bits per heavy atom. The second-order valence-electron chi connectivity index (χ2n) is 15.9. The van der Waals surface area contributed by atoms with Crippen LogP contribution >= 0.6 is 0 Å². The average molecular weight is 796 g/mol. The van der Waals surface area contributed by atoms with Gasteiger partial charge in [-0.1, -0.05) is 6.42 Å². The Bertz CT molecular complexity index is 2090. The Labute approximate surface area is 325 Å². The number of pyridine rings is 1. The van der Waals surface area contributed by atoms with E-state index in [0.29, 0.717) is 55.7 Å². The van der Waals surface area contributed by atoms with Gasteiger partial charge >= 0.3 is 6.09 Å². The van der Waals surface area contributed by atoms with Crippen molar-refractivity contribution >= 4 is 44.6 Å². The highest BCUT2D eigenvalue weighted by molar-refractivity contribution is 7.91. The Hall–Kier alpha value is -4.97. The lowest BCUT2D eigenvalue weighted by atomic mass is 10.1. The maximum Gasteiger partial charge on any atom is 0.408 e. The number of nitrogens with zero attached hydrogens (tertiary/aromatic N) is 4. The number of aromatic nitrogens is 3. The van der Waals surface area contributed by atoms with E-state index in [2.05, 4.69) is 20.5 Å². The first-order chi connectivity index (χ1) is 26.7. The zero-order valence-corrected chi connectivity index (χ0v) is 32.8. The molecule has 4 heterocycles. The third-order valence-electron chi connectivity index (χ3n) is 10.5. The van der Waals surface area contributed by atoms with E-state index in [1.165, 1.54) is 4.90 Å². The number of methoxy groups -OCH3 is 1. The van der Waals surface area contributed by atoms with Crippen LogP contribution in [0.15, 0.2) is 42.7 Å². The number of carbonyl (C=O) groups excluding carboxylic acids is 4. The van der Waals surface area contributed by atoms with Crippen LogP contribution in [-0.2, 0) is 33.9 Å². The molecule has 3 N–H and O–H groups in total. The number of amides is 4. The smallest absolute Gasteiger partial charge is 0.408 e. The van der Waals surface area contributed by atoms with Crippen molar-refractivity contribution in [3.05, 3.63) is 42.7 Å². The van der Waals surface area contributed by atoms with Gasteiger partial charge in [-0.15, -0.1) is 0 Å². The summed E-state index contributed by atoms with van der Waals surface area (Å²) in [4.78, 5) is 61.9. The topological polar surface area (TPSA) is 209 Å². The molecule has 1 aromatic carbocycles. The molecule has 2 saturated carbocycles. The molecule has 7 rings (SSSR count). The number of benzene rings is 1. The predicted octanol–water partition coefficient (Wildman–Crippen LogP) is 2.74. The van der Waals surface area contributed by atoms with E-state index in [-0.39, 0.29) is 44.2 Å². The molecular formula is C38H49N7O10S. The summed E-state index contributed by atoms with van der Waals surface area (Å²) < 4.78 is 52.9. The minimum Gasteiger partial charge on any atom is -0.497 e. The fourth-order valence-electron chi connectivity index (χ4n) is 7.42. The van der Waals surface area contributed by atoms with Gasteiger partial charge in [-0.2, -0.15) is 10.1 Å². The van der Waals surface area contributed by atoms with Crippen LogP contribution in [0.2, 0.25) is 0 Å². The number of sulfonamides is 1. The predicted molar refractivity (Wildman–Crippen MR) is 201 cm³/mol. The first kappa shape index (κ1) is 39.3. The van der Waals surface area contributed by atoms with Crippen molar-refractivity contribution in [3.8, 4) is 17.4 Å². The number of nitrogens with one attached hydrogen (secondary N) is 3. The van der Waals surface area contributed by atoms with Crippen molar-refractivity contribution in [2.45, 2.75) is 107 Å². The maximum atomic E-state index is 14.5. The van der Waals surface area contributed by atoms with Crippen molar-refractivity contribution in [1.82, 2.24) is 35.0 Å². The number of carbonyl (C=O) groups is 4. The molecule has 17 nitrogen and oxygen atoms in total. The van der Waals surface area contributed by atoms with Crippen LogP contribution in [0, 0.1) is 5.92 Å². The fraction of sp³-hybridized carbons (Fsp3) is 0.579. The van der Waals surface area contributed by atoms with Gasteiger partial charge in [0.05, 0.1) is 18.9 Å². The molecule has 0 spiro atoms. The number of hydrogen-bond donors (Lipinski definition) is 3. The molecule has 3 aromatic rings. The average Bonchev–Trinajstić information content (AvgIpc) is 4.00. The van der Waals surface area contributed by atoms with E-state index in [9.17, 15) is 27.6 Å². The molecule has 2 saturated heterocycles. The Balaban J connectivity index is 1.22. The summed E-state index contributed by atoms with van der Waals surface area (Å²) in [5, 5.41) is 10.7. The summed E-state index contributed by atoms with van der Waals surface area (Å²) in [6, 6.07) is 6.72. The van der Waals surface area contributed by atoms with Gasteiger partial charge in [-0.05, 0) is 94.5 Å². The van der Waals surface area contributed by atoms with E-state index in [0.717, 1.165) is 5.39 Å². The summed E-state index contributed by atoms with van der Waals surface area (Å²) in [6.45, 7) is 5.56. The maximum absolute atomic E-state index is 14.5. The quantitative estimate of drug-likeness (QED) is 0.301. The third kappa shape index (κ3) is 8.70. The fourth-order valence-corrected chi connectivity index (χ4v) is 8.78. The van der Waals surface area contributed by atoms with Gasteiger partial charge in [-0.3, -0.25) is 19.1 Å². The zero-order valence-electron chi connectivity index (χ0n) is 32.0. The largest absolute Gasteiger partial charge is 0.497 e. The molecule has 4 aliphatic rings. The first-order valence-electron chi connectivity index (χ1n) is 19.1. The van der Waals surface area contributed by atoms with E-state index in [4.69, 9.17) is 23.9 Å². The molecule has 4 fully saturated rings.